The summed E-state index contributed by atoms with van der Waals surface area (Å²) in [6.45, 7) is 2.93. The summed E-state index contributed by atoms with van der Waals surface area (Å²) >= 11 is 0. The van der Waals surface area contributed by atoms with Crippen LogP contribution in [-0.2, 0) is 17.2 Å². The van der Waals surface area contributed by atoms with Crippen molar-refractivity contribution in [2.24, 2.45) is 0 Å². The van der Waals surface area contributed by atoms with Gasteiger partial charge in [-0.05, 0) is 18.1 Å². The van der Waals surface area contributed by atoms with E-state index in [2.05, 4.69) is 11.0 Å². The Balaban J connectivity index is 1.84. The van der Waals surface area contributed by atoms with E-state index in [4.69, 9.17) is 5.73 Å². The first-order valence-electron chi connectivity index (χ1n) is 5.66. The lowest BCUT2D eigenvalue weighted by atomic mass is 10.1. The van der Waals surface area contributed by atoms with Crippen LogP contribution in [0.5, 0.6) is 0 Å². The van der Waals surface area contributed by atoms with Crippen molar-refractivity contribution in [1.82, 2.24) is 4.90 Å². The summed E-state index contributed by atoms with van der Waals surface area (Å²) in [5.41, 5.74) is 7.99. The van der Waals surface area contributed by atoms with Gasteiger partial charge in [0.1, 0.15) is 0 Å². The molecule has 1 aliphatic rings. The highest BCUT2D eigenvalue weighted by Crippen LogP contribution is 2.12. The topological polar surface area (TPSA) is 46.3 Å². The van der Waals surface area contributed by atoms with E-state index in [-0.39, 0.29) is 0 Å². The summed E-state index contributed by atoms with van der Waals surface area (Å²) in [4.78, 5) is 2.37. The van der Waals surface area contributed by atoms with Gasteiger partial charge in [-0.3, -0.25) is 4.21 Å². The van der Waals surface area contributed by atoms with Gasteiger partial charge in [-0.1, -0.05) is 18.2 Å². The second-order valence-electron chi connectivity index (χ2n) is 4.14. The molecule has 0 unspecified atom stereocenters. The Morgan fingerprint density at radius 3 is 2.62 bits per heavy atom. The fraction of sp³-hybridized carbons (Fsp3) is 0.500. The number of nitrogens with zero attached hydrogens (tertiary/aromatic N) is 1. The third-order valence-corrected chi connectivity index (χ3v) is 4.30. The molecule has 3 nitrogen and oxygen atoms in total. The molecule has 1 saturated heterocycles. The van der Waals surface area contributed by atoms with Crippen LogP contribution in [0.1, 0.15) is 5.56 Å². The standard InChI is InChI=1S/C12H18N2OS/c13-12-4-2-1-3-11(12)5-6-14-7-9-16(15)10-8-14/h1-4H,5-10,13H2. The summed E-state index contributed by atoms with van der Waals surface area (Å²) in [6.07, 6.45) is 0.985. The summed E-state index contributed by atoms with van der Waals surface area (Å²) in [5.74, 6) is 1.65. The number of rotatable bonds is 3. The maximum Gasteiger partial charge on any atom is 0.0363 e. The van der Waals surface area contributed by atoms with E-state index in [0.717, 1.165) is 43.2 Å². The fourth-order valence-corrected chi connectivity index (χ4v) is 3.07. The number of hydrogen-bond acceptors (Lipinski definition) is 3. The molecule has 0 aromatic heterocycles. The van der Waals surface area contributed by atoms with Crippen molar-refractivity contribution in [3.8, 4) is 0 Å². The van der Waals surface area contributed by atoms with Crippen molar-refractivity contribution < 1.29 is 4.21 Å². The van der Waals surface area contributed by atoms with Gasteiger partial charge in [0, 0.05) is 47.6 Å². The van der Waals surface area contributed by atoms with Crippen LogP contribution >= 0.6 is 0 Å². The number of anilines is 1. The molecule has 1 aliphatic heterocycles. The first kappa shape index (κ1) is 11.6. The lowest BCUT2D eigenvalue weighted by Crippen LogP contribution is -2.38. The van der Waals surface area contributed by atoms with E-state index < -0.39 is 10.8 Å². The van der Waals surface area contributed by atoms with Crippen molar-refractivity contribution in [2.75, 3.05) is 36.9 Å². The first-order valence-corrected chi connectivity index (χ1v) is 7.15. The molecule has 0 amide bonds. The number of nitrogens with two attached hydrogens (primary N) is 1. The summed E-state index contributed by atoms with van der Waals surface area (Å²) < 4.78 is 11.2. The Hall–Kier alpha value is -0.870. The van der Waals surface area contributed by atoms with Crippen LogP contribution in [-0.4, -0.2) is 40.2 Å². The maximum atomic E-state index is 11.2. The van der Waals surface area contributed by atoms with E-state index in [1.165, 1.54) is 5.56 Å². The summed E-state index contributed by atoms with van der Waals surface area (Å²) in [5, 5.41) is 0. The van der Waals surface area contributed by atoms with Crippen molar-refractivity contribution in [2.45, 2.75) is 6.42 Å². The van der Waals surface area contributed by atoms with Gasteiger partial charge in [-0.2, -0.15) is 0 Å². The van der Waals surface area contributed by atoms with E-state index in [9.17, 15) is 4.21 Å². The lowest BCUT2D eigenvalue weighted by Gasteiger charge is -2.26. The van der Waals surface area contributed by atoms with Gasteiger partial charge in [0.25, 0.3) is 0 Å². The van der Waals surface area contributed by atoms with Crippen LogP contribution in [0.25, 0.3) is 0 Å². The number of para-hydroxylation sites is 1. The predicted octanol–water partition coefficient (Wildman–Crippen LogP) is 0.876. The Labute approximate surface area is 99.1 Å². The summed E-state index contributed by atoms with van der Waals surface area (Å²) in [6, 6.07) is 8.01. The van der Waals surface area contributed by atoms with Gasteiger partial charge in [0.2, 0.25) is 0 Å². The lowest BCUT2D eigenvalue weighted by molar-refractivity contribution is 0.303. The van der Waals surface area contributed by atoms with Gasteiger partial charge in [-0.25, -0.2) is 0 Å². The van der Waals surface area contributed by atoms with Gasteiger partial charge < -0.3 is 10.6 Å². The van der Waals surface area contributed by atoms with E-state index in [0.29, 0.717) is 0 Å². The molecule has 16 heavy (non-hydrogen) atoms. The molecule has 88 valence electrons. The number of benzene rings is 1. The molecule has 1 fully saturated rings. The molecule has 2 N–H and O–H groups in total. The minimum absolute atomic E-state index is 0.580. The highest BCUT2D eigenvalue weighted by Gasteiger charge is 2.14. The fourth-order valence-electron chi connectivity index (χ4n) is 1.94. The molecular formula is C12H18N2OS. The average molecular weight is 238 g/mol. The minimum atomic E-state index is -0.580. The number of hydrogen-bond donors (Lipinski definition) is 1. The molecule has 0 spiro atoms. The Morgan fingerprint density at radius 2 is 1.94 bits per heavy atom. The zero-order valence-corrected chi connectivity index (χ0v) is 10.2. The summed E-state index contributed by atoms with van der Waals surface area (Å²) in [7, 11) is -0.580. The monoisotopic (exact) mass is 238 g/mol. The van der Waals surface area contributed by atoms with Crippen LogP contribution in [0.3, 0.4) is 0 Å². The Kier molecular flexibility index (Phi) is 3.96. The zero-order valence-electron chi connectivity index (χ0n) is 9.39. The molecule has 0 atom stereocenters. The van der Waals surface area contributed by atoms with E-state index in [1.54, 1.807) is 0 Å². The first-order chi connectivity index (χ1) is 7.75. The molecular weight excluding hydrogens is 220 g/mol. The molecule has 0 bridgehead atoms. The third-order valence-electron chi connectivity index (χ3n) is 3.02. The smallest absolute Gasteiger partial charge is 0.0363 e. The number of nitrogen functional groups attached to an aromatic ring is 1. The van der Waals surface area contributed by atoms with E-state index >= 15 is 0 Å². The quantitative estimate of drug-likeness (QED) is 0.795. The van der Waals surface area contributed by atoms with Crippen LogP contribution < -0.4 is 5.73 Å². The predicted molar refractivity (Wildman–Crippen MR) is 68.9 cm³/mol. The second-order valence-corrected chi connectivity index (χ2v) is 5.83. The van der Waals surface area contributed by atoms with Crippen LogP contribution in [0.4, 0.5) is 5.69 Å². The van der Waals surface area contributed by atoms with Crippen LogP contribution in [0.15, 0.2) is 24.3 Å². The van der Waals surface area contributed by atoms with Crippen molar-refractivity contribution in [1.29, 1.82) is 0 Å². The average Bonchev–Trinajstić information content (AvgIpc) is 2.30. The molecule has 1 aromatic carbocycles. The largest absolute Gasteiger partial charge is 0.399 e. The van der Waals surface area contributed by atoms with Crippen LogP contribution in [0.2, 0.25) is 0 Å². The SMILES string of the molecule is Nc1ccccc1CCN1CCS(=O)CC1. The third kappa shape index (κ3) is 3.06. The van der Waals surface area contributed by atoms with Crippen molar-refractivity contribution in [3.63, 3.8) is 0 Å². The van der Waals surface area contributed by atoms with Gasteiger partial charge >= 0.3 is 0 Å². The Bertz CT molecular complexity index is 371. The van der Waals surface area contributed by atoms with Crippen molar-refractivity contribution >= 4 is 16.5 Å². The Morgan fingerprint density at radius 1 is 1.25 bits per heavy atom. The van der Waals surface area contributed by atoms with Gasteiger partial charge in [0.05, 0.1) is 0 Å². The molecule has 0 radical (unpaired) electrons. The molecule has 0 aliphatic carbocycles. The zero-order chi connectivity index (χ0) is 11.4. The molecule has 1 aromatic rings. The van der Waals surface area contributed by atoms with E-state index in [1.807, 2.05) is 18.2 Å². The second kappa shape index (κ2) is 5.46. The van der Waals surface area contributed by atoms with Gasteiger partial charge in [-0.15, -0.1) is 0 Å². The minimum Gasteiger partial charge on any atom is -0.399 e. The van der Waals surface area contributed by atoms with Gasteiger partial charge in [0.15, 0.2) is 0 Å². The van der Waals surface area contributed by atoms with Crippen molar-refractivity contribution in [3.05, 3.63) is 29.8 Å². The molecule has 2 rings (SSSR count). The van der Waals surface area contributed by atoms with Crippen LogP contribution in [0, 0.1) is 0 Å². The molecule has 4 heteroatoms. The normalized spacial score (nSPS) is 18.8. The maximum absolute atomic E-state index is 11.2. The highest BCUT2D eigenvalue weighted by molar-refractivity contribution is 7.85. The molecule has 0 saturated carbocycles. The highest BCUT2D eigenvalue weighted by atomic mass is 32.2. The molecule has 1 heterocycles.